The Morgan fingerprint density at radius 1 is 1.08 bits per heavy atom. The standard InChI is InChI=1S/C16H13N5O3S/c1-25(23,24)16-18-14(13-8-4-5-9-20(13)16)15(22)19-21-10-17-11-6-2-3-7-12(11)21/h2-10H,1H3,(H,19,22). The van der Waals surface area contributed by atoms with E-state index in [1.807, 2.05) is 24.3 Å². The Hall–Kier alpha value is -3.20. The molecule has 0 aliphatic carbocycles. The third kappa shape index (κ3) is 2.54. The smallest absolute Gasteiger partial charge is 0.290 e. The van der Waals surface area contributed by atoms with Gasteiger partial charge in [-0.15, -0.1) is 0 Å². The minimum absolute atomic E-state index is 0.0267. The van der Waals surface area contributed by atoms with Crippen LogP contribution in [0.3, 0.4) is 0 Å². The number of hydrogen-bond donors (Lipinski definition) is 1. The van der Waals surface area contributed by atoms with Crippen molar-refractivity contribution < 1.29 is 13.2 Å². The van der Waals surface area contributed by atoms with E-state index in [4.69, 9.17) is 0 Å². The van der Waals surface area contributed by atoms with Crippen LogP contribution >= 0.6 is 0 Å². The summed E-state index contributed by atoms with van der Waals surface area (Å²) in [7, 11) is -3.59. The van der Waals surface area contributed by atoms with Gasteiger partial charge in [-0.2, -0.15) is 0 Å². The van der Waals surface area contributed by atoms with E-state index in [9.17, 15) is 13.2 Å². The molecule has 9 heteroatoms. The Morgan fingerprint density at radius 3 is 2.60 bits per heavy atom. The number of benzene rings is 1. The van der Waals surface area contributed by atoms with Crippen molar-refractivity contribution in [3.05, 3.63) is 60.7 Å². The average molecular weight is 355 g/mol. The monoisotopic (exact) mass is 355 g/mol. The highest BCUT2D eigenvalue weighted by molar-refractivity contribution is 7.90. The molecule has 126 valence electrons. The summed E-state index contributed by atoms with van der Waals surface area (Å²) >= 11 is 0. The van der Waals surface area contributed by atoms with Crippen LogP contribution in [0.2, 0.25) is 0 Å². The van der Waals surface area contributed by atoms with Crippen molar-refractivity contribution in [1.29, 1.82) is 0 Å². The molecule has 0 saturated carbocycles. The van der Waals surface area contributed by atoms with Gasteiger partial charge in [-0.1, -0.05) is 18.2 Å². The van der Waals surface area contributed by atoms with E-state index in [-0.39, 0.29) is 10.9 Å². The zero-order chi connectivity index (χ0) is 17.6. The van der Waals surface area contributed by atoms with Crippen molar-refractivity contribution in [3.63, 3.8) is 0 Å². The van der Waals surface area contributed by atoms with E-state index in [0.29, 0.717) is 5.52 Å². The van der Waals surface area contributed by atoms with E-state index >= 15 is 0 Å². The average Bonchev–Trinajstić information content (AvgIpc) is 3.16. The molecule has 1 N–H and O–H groups in total. The molecule has 0 atom stereocenters. The second kappa shape index (κ2) is 5.42. The number of sulfone groups is 1. The van der Waals surface area contributed by atoms with Crippen molar-refractivity contribution in [2.75, 3.05) is 11.7 Å². The predicted molar refractivity (Wildman–Crippen MR) is 91.7 cm³/mol. The van der Waals surface area contributed by atoms with Gasteiger partial charge in [-0.25, -0.2) is 23.1 Å². The van der Waals surface area contributed by atoms with Gasteiger partial charge in [0.05, 0.1) is 16.6 Å². The summed E-state index contributed by atoms with van der Waals surface area (Å²) in [5, 5.41) is -0.177. The van der Waals surface area contributed by atoms with Gasteiger partial charge in [-0.05, 0) is 24.3 Å². The molecule has 0 aliphatic rings. The first-order chi connectivity index (χ1) is 11.9. The van der Waals surface area contributed by atoms with Crippen LogP contribution in [0.4, 0.5) is 0 Å². The van der Waals surface area contributed by atoms with E-state index in [0.717, 1.165) is 17.3 Å². The first-order valence-electron chi connectivity index (χ1n) is 7.36. The molecule has 1 amide bonds. The van der Waals surface area contributed by atoms with Crippen molar-refractivity contribution in [3.8, 4) is 0 Å². The molecule has 4 rings (SSSR count). The number of rotatable bonds is 3. The van der Waals surface area contributed by atoms with Crippen molar-refractivity contribution >= 4 is 32.3 Å². The summed E-state index contributed by atoms with van der Waals surface area (Å²) in [4.78, 5) is 20.9. The van der Waals surface area contributed by atoms with Gasteiger partial charge in [0.2, 0.25) is 15.0 Å². The molecule has 0 spiro atoms. The lowest BCUT2D eigenvalue weighted by atomic mass is 10.3. The van der Waals surface area contributed by atoms with Crippen LogP contribution in [-0.4, -0.2) is 39.6 Å². The van der Waals surface area contributed by atoms with E-state index in [2.05, 4.69) is 15.4 Å². The molecule has 4 aromatic rings. The molecule has 0 fully saturated rings. The number of imidazole rings is 2. The maximum Gasteiger partial charge on any atom is 0.291 e. The highest BCUT2D eigenvalue weighted by Gasteiger charge is 2.23. The lowest BCUT2D eigenvalue weighted by molar-refractivity contribution is 0.101. The number of carbonyl (C=O) groups excluding carboxylic acids is 1. The third-order valence-electron chi connectivity index (χ3n) is 3.74. The fourth-order valence-electron chi connectivity index (χ4n) is 2.65. The van der Waals surface area contributed by atoms with Crippen LogP contribution in [0.15, 0.2) is 60.1 Å². The molecular weight excluding hydrogens is 342 g/mol. The van der Waals surface area contributed by atoms with Crippen LogP contribution in [-0.2, 0) is 9.84 Å². The number of pyridine rings is 1. The lowest BCUT2D eigenvalue weighted by Gasteiger charge is -2.05. The van der Waals surface area contributed by atoms with Gasteiger partial charge in [0.25, 0.3) is 5.91 Å². The van der Waals surface area contributed by atoms with Gasteiger partial charge >= 0.3 is 0 Å². The minimum Gasteiger partial charge on any atom is -0.290 e. The lowest BCUT2D eigenvalue weighted by Crippen LogP contribution is -2.22. The predicted octanol–water partition coefficient (Wildman–Crippen LogP) is 1.47. The van der Waals surface area contributed by atoms with Gasteiger partial charge < -0.3 is 0 Å². The number of carbonyl (C=O) groups is 1. The largest absolute Gasteiger partial charge is 0.291 e. The SMILES string of the molecule is CS(=O)(=O)c1nc(C(=O)Nn2cnc3ccccc32)c2ccccn12. The molecule has 25 heavy (non-hydrogen) atoms. The topological polar surface area (TPSA) is 98.4 Å². The van der Waals surface area contributed by atoms with Gasteiger partial charge in [-0.3, -0.25) is 14.6 Å². The Labute approximate surface area is 142 Å². The second-order valence-corrected chi connectivity index (χ2v) is 7.42. The summed E-state index contributed by atoms with van der Waals surface area (Å²) in [5.41, 5.74) is 4.57. The summed E-state index contributed by atoms with van der Waals surface area (Å²) in [6.45, 7) is 0. The van der Waals surface area contributed by atoms with Crippen LogP contribution in [0.5, 0.6) is 0 Å². The Bertz CT molecular complexity index is 1220. The number of nitrogens with zero attached hydrogens (tertiary/aromatic N) is 4. The Balaban J connectivity index is 1.81. The quantitative estimate of drug-likeness (QED) is 0.600. The van der Waals surface area contributed by atoms with Crippen LogP contribution in [0.25, 0.3) is 16.6 Å². The fraction of sp³-hybridized carbons (Fsp3) is 0.0625. The number of para-hydroxylation sites is 2. The third-order valence-corrected chi connectivity index (χ3v) is 4.69. The number of fused-ring (bicyclic) bond motifs is 2. The zero-order valence-corrected chi connectivity index (χ0v) is 13.9. The van der Waals surface area contributed by atoms with Gasteiger partial charge in [0.1, 0.15) is 6.33 Å². The summed E-state index contributed by atoms with van der Waals surface area (Å²) in [6.07, 6.45) is 4.10. The van der Waals surface area contributed by atoms with E-state index < -0.39 is 15.7 Å². The molecule has 0 saturated heterocycles. The highest BCUT2D eigenvalue weighted by atomic mass is 32.2. The Morgan fingerprint density at radius 2 is 1.80 bits per heavy atom. The van der Waals surface area contributed by atoms with Crippen LogP contribution in [0.1, 0.15) is 10.5 Å². The molecule has 0 radical (unpaired) electrons. The van der Waals surface area contributed by atoms with Gasteiger partial charge in [0, 0.05) is 12.5 Å². The summed E-state index contributed by atoms with van der Waals surface area (Å²) in [5.74, 6) is -0.526. The molecule has 3 heterocycles. The Kier molecular flexibility index (Phi) is 3.32. The number of amides is 1. The maximum atomic E-state index is 12.7. The summed E-state index contributed by atoms with van der Waals surface area (Å²) < 4.78 is 26.8. The van der Waals surface area contributed by atoms with E-state index in [1.165, 1.54) is 15.4 Å². The molecule has 0 aliphatic heterocycles. The maximum absolute atomic E-state index is 12.7. The molecule has 0 unspecified atom stereocenters. The highest BCUT2D eigenvalue weighted by Crippen LogP contribution is 2.18. The molecule has 3 aromatic heterocycles. The van der Waals surface area contributed by atoms with Crippen LogP contribution < -0.4 is 5.43 Å². The van der Waals surface area contributed by atoms with Gasteiger partial charge in [0.15, 0.2) is 5.69 Å². The van der Waals surface area contributed by atoms with Crippen molar-refractivity contribution in [1.82, 2.24) is 19.0 Å². The van der Waals surface area contributed by atoms with Crippen molar-refractivity contribution in [2.24, 2.45) is 0 Å². The number of nitrogens with one attached hydrogen (secondary N) is 1. The van der Waals surface area contributed by atoms with Crippen LogP contribution in [0, 0.1) is 0 Å². The van der Waals surface area contributed by atoms with E-state index in [1.54, 1.807) is 24.4 Å². The number of hydrogen-bond acceptors (Lipinski definition) is 5. The first kappa shape index (κ1) is 15.3. The molecule has 0 bridgehead atoms. The minimum atomic E-state index is -3.59. The summed E-state index contributed by atoms with van der Waals surface area (Å²) in [6, 6.07) is 12.4. The van der Waals surface area contributed by atoms with Crippen molar-refractivity contribution in [2.45, 2.75) is 5.16 Å². The molecule has 1 aromatic carbocycles. The zero-order valence-electron chi connectivity index (χ0n) is 13.1. The molecule has 8 nitrogen and oxygen atoms in total. The molecular formula is C16H13N5O3S. The fourth-order valence-corrected chi connectivity index (χ4v) is 3.42. The number of aromatic nitrogens is 4. The normalized spacial score (nSPS) is 11.9. The second-order valence-electron chi connectivity index (χ2n) is 5.52. The first-order valence-corrected chi connectivity index (χ1v) is 9.25.